The van der Waals surface area contributed by atoms with Gasteiger partial charge in [-0.15, -0.1) is 0 Å². The number of hydrogen-bond acceptors (Lipinski definition) is 6. The Morgan fingerprint density at radius 2 is 1.79 bits per heavy atom. The zero-order valence-corrected chi connectivity index (χ0v) is 19.8. The summed E-state index contributed by atoms with van der Waals surface area (Å²) in [6.07, 6.45) is 0. The van der Waals surface area contributed by atoms with Crippen LogP contribution in [0.1, 0.15) is 28.4 Å². The first-order chi connectivity index (χ1) is 16.1. The van der Waals surface area contributed by atoms with Gasteiger partial charge in [0.15, 0.2) is 0 Å². The number of amides is 1. The molecule has 3 rings (SSSR count). The summed E-state index contributed by atoms with van der Waals surface area (Å²) < 4.78 is 32.7. The Bertz CT molecular complexity index is 1310. The summed E-state index contributed by atoms with van der Waals surface area (Å²) in [5, 5.41) is 13.9. The maximum atomic E-state index is 12.9. The van der Waals surface area contributed by atoms with Gasteiger partial charge in [0.1, 0.15) is 5.75 Å². The van der Waals surface area contributed by atoms with Crippen LogP contribution in [0.15, 0.2) is 71.6 Å². The zero-order valence-electron chi connectivity index (χ0n) is 19.0. The highest BCUT2D eigenvalue weighted by atomic mass is 32.2. The van der Waals surface area contributed by atoms with Crippen LogP contribution in [0.2, 0.25) is 0 Å². The lowest BCUT2D eigenvalue weighted by Crippen LogP contribution is -2.27. The number of sulfonamides is 1. The first-order valence-corrected chi connectivity index (χ1v) is 11.9. The van der Waals surface area contributed by atoms with Crippen molar-refractivity contribution < 1.29 is 22.9 Å². The molecule has 178 valence electrons. The Morgan fingerprint density at radius 1 is 1.09 bits per heavy atom. The molecule has 0 fully saturated rings. The number of nitro benzene ring substituents is 1. The molecule has 0 aliphatic heterocycles. The van der Waals surface area contributed by atoms with Crippen molar-refractivity contribution in [3.05, 3.63) is 93.5 Å². The Balaban J connectivity index is 1.90. The van der Waals surface area contributed by atoms with Crippen LogP contribution in [-0.2, 0) is 16.6 Å². The predicted octanol–water partition coefficient (Wildman–Crippen LogP) is 4.37. The van der Waals surface area contributed by atoms with Crippen LogP contribution >= 0.6 is 0 Å². The average molecular weight is 484 g/mol. The number of rotatable bonds is 9. The SMILES string of the molecule is CCOc1ccc(C(=O)Nc2cccc([N+](=O)[O-])c2C)cc1CN(C)S(=O)(=O)c1ccccc1. The van der Waals surface area contributed by atoms with Gasteiger partial charge in [0, 0.05) is 30.8 Å². The van der Waals surface area contributed by atoms with E-state index in [1.807, 2.05) is 0 Å². The van der Waals surface area contributed by atoms with E-state index in [1.54, 1.807) is 56.3 Å². The Hall–Kier alpha value is -3.76. The molecule has 9 nitrogen and oxygen atoms in total. The lowest BCUT2D eigenvalue weighted by atomic mass is 10.1. The van der Waals surface area contributed by atoms with Crippen LogP contribution in [-0.4, -0.2) is 37.2 Å². The van der Waals surface area contributed by atoms with Gasteiger partial charge in [-0.25, -0.2) is 8.42 Å². The first-order valence-electron chi connectivity index (χ1n) is 10.5. The number of nitro groups is 1. The molecule has 3 aromatic carbocycles. The summed E-state index contributed by atoms with van der Waals surface area (Å²) in [5.74, 6) is -0.0258. The second-order valence-corrected chi connectivity index (χ2v) is 9.54. The highest BCUT2D eigenvalue weighted by molar-refractivity contribution is 7.89. The third kappa shape index (κ3) is 5.41. The molecule has 3 aromatic rings. The molecule has 1 amide bonds. The van der Waals surface area contributed by atoms with Gasteiger partial charge in [0.05, 0.1) is 27.7 Å². The van der Waals surface area contributed by atoms with Gasteiger partial charge < -0.3 is 10.1 Å². The van der Waals surface area contributed by atoms with E-state index in [2.05, 4.69) is 5.32 Å². The number of nitrogens with one attached hydrogen (secondary N) is 1. The Kier molecular flexibility index (Phi) is 7.64. The summed E-state index contributed by atoms with van der Waals surface area (Å²) >= 11 is 0. The van der Waals surface area contributed by atoms with Gasteiger partial charge in [0.2, 0.25) is 10.0 Å². The van der Waals surface area contributed by atoms with Crippen LogP contribution in [0.25, 0.3) is 0 Å². The average Bonchev–Trinajstić information content (AvgIpc) is 2.81. The van der Waals surface area contributed by atoms with E-state index in [-0.39, 0.29) is 22.7 Å². The van der Waals surface area contributed by atoms with Gasteiger partial charge in [-0.1, -0.05) is 24.3 Å². The minimum absolute atomic E-state index is 0.0243. The molecule has 0 atom stereocenters. The van der Waals surface area contributed by atoms with E-state index in [9.17, 15) is 23.3 Å². The van der Waals surface area contributed by atoms with E-state index < -0.39 is 20.9 Å². The number of benzene rings is 3. The number of ether oxygens (including phenoxy) is 1. The largest absolute Gasteiger partial charge is 0.494 e. The molecule has 10 heteroatoms. The molecule has 0 spiro atoms. The third-order valence-electron chi connectivity index (χ3n) is 5.22. The Labute approximate surface area is 198 Å². The molecular weight excluding hydrogens is 458 g/mol. The van der Waals surface area contributed by atoms with Gasteiger partial charge >= 0.3 is 0 Å². The molecule has 34 heavy (non-hydrogen) atoms. The molecule has 1 N–H and O–H groups in total. The molecule has 0 aliphatic rings. The smallest absolute Gasteiger partial charge is 0.274 e. The minimum Gasteiger partial charge on any atom is -0.494 e. The van der Waals surface area contributed by atoms with Crippen molar-refractivity contribution in [2.24, 2.45) is 0 Å². The highest BCUT2D eigenvalue weighted by Crippen LogP contribution is 2.27. The molecule has 0 saturated carbocycles. The first kappa shape index (κ1) is 24.9. The lowest BCUT2D eigenvalue weighted by Gasteiger charge is -2.20. The molecule has 0 aromatic heterocycles. The normalized spacial score (nSPS) is 11.3. The van der Waals surface area contributed by atoms with Crippen molar-refractivity contribution in [3.63, 3.8) is 0 Å². The molecule has 0 aliphatic carbocycles. The monoisotopic (exact) mass is 483 g/mol. The maximum Gasteiger partial charge on any atom is 0.274 e. The summed E-state index contributed by atoms with van der Waals surface area (Å²) in [6.45, 7) is 3.70. The van der Waals surface area contributed by atoms with E-state index in [0.717, 1.165) is 0 Å². The minimum atomic E-state index is -3.76. The van der Waals surface area contributed by atoms with Crippen molar-refractivity contribution in [1.29, 1.82) is 0 Å². The second kappa shape index (κ2) is 10.4. The van der Waals surface area contributed by atoms with Crippen LogP contribution in [0, 0.1) is 17.0 Å². The van der Waals surface area contributed by atoms with Crippen LogP contribution in [0.5, 0.6) is 5.75 Å². The van der Waals surface area contributed by atoms with Gasteiger partial charge in [0.25, 0.3) is 11.6 Å². The third-order valence-corrected chi connectivity index (χ3v) is 7.03. The van der Waals surface area contributed by atoms with Gasteiger partial charge in [-0.3, -0.25) is 14.9 Å². The number of anilines is 1. The van der Waals surface area contributed by atoms with E-state index in [0.29, 0.717) is 29.2 Å². The quantitative estimate of drug-likeness (QED) is 0.356. The van der Waals surface area contributed by atoms with Crippen LogP contribution in [0.3, 0.4) is 0 Å². The highest BCUT2D eigenvalue weighted by Gasteiger charge is 2.23. The summed E-state index contributed by atoms with van der Waals surface area (Å²) in [5.41, 5.74) is 1.32. The number of carbonyl (C=O) groups is 1. The second-order valence-electron chi connectivity index (χ2n) is 7.49. The van der Waals surface area contributed by atoms with E-state index >= 15 is 0 Å². The van der Waals surface area contributed by atoms with Crippen molar-refractivity contribution in [3.8, 4) is 5.75 Å². The van der Waals surface area contributed by atoms with E-state index in [4.69, 9.17) is 4.74 Å². The maximum absolute atomic E-state index is 12.9. The van der Waals surface area contributed by atoms with Gasteiger partial charge in [-0.2, -0.15) is 4.31 Å². The molecule has 0 radical (unpaired) electrons. The fraction of sp³-hybridized carbons (Fsp3) is 0.208. The zero-order chi connectivity index (χ0) is 24.9. The van der Waals surface area contributed by atoms with Crippen molar-refractivity contribution in [2.75, 3.05) is 19.0 Å². The fourth-order valence-electron chi connectivity index (χ4n) is 3.39. The topological polar surface area (TPSA) is 119 Å². The predicted molar refractivity (Wildman–Crippen MR) is 128 cm³/mol. The van der Waals surface area contributed by atoms with Crippen molar-refractivity contribution in [2.45, 2.75) is 25.3 Å². The fourth-order valence-corrected chi connectivity index (χ4v) is 4.56. The van der Waals surface area contributed by atoms with Crippen LogP contribution in [0.4, 0.5) is 11.4 Å². The molecule has 0 unspecified atom stereocenters. The molecule has 0 heterocycles. The Morgan fingerprint density at radius 3 is 2.44 bits per heavy atom. The van der Waals surface area contributed by atoms with Crippen LogP contribution < -0.4 is 10.1 Å². The summed E-state index contributed by atoms with van der Waals surface area (Å²) in [4.78, 5) is 23.8. The van der Waals surface area contributed by atoms with Crippen molar-refractivity contribution >= 4 is 27.3 Å². The summed E-state index contributed by atoms with van der Waals surface area (Å²) in [7, 11) is -2.30. The van der Waals surface area contributed by atoms with Crippen molar-refractivity contribution in [1.82, 2.24) is 4.31 Å². The number of hydrogen-bond donors (Lipinski definition) is 1. The molecule has 0 bridgehead atoms. The number of carbonyl (C=O) groups excluding carboxylic acids is 1. The summed E-state index contributed by atoms with van der Waals surface area (Å²) in [6, 6.07) is 17.2. The van der Waals surface area contributed by atoms with E-state index in [1.165, 1.54) is 35.6 Å². The number of nitrogens with zero attached hydrogens (tertiary/aromatic N) is 2. The standard InChI is InChI=1S/C24H25N3O6S/c1-4-33-23-14-13-18(24(28)25-21-11-8-12-22(17(21)2)27(29)30)15-19(23)16-26(3)34(31,32)20-9-6-5-7-10-20/h5-15H,4,16H2,1-3H3,(H,25,28). The van der Waals surface area contributed by atoms with Gasteiger partial charge in [-0.05, 0) is 50.2 Å². The molecule has 0 saturated heterocycles. The molecular formula is C24H25N3O6S. The lowest BCUT2D eigenvalue weighted by molar-refractivity contribution is -0.385.